The average molecular weight is 548 g/mol. The minimum absolute atomic E-state index is 0.0545. The number of nitrogens with one attached hydrogen (secondary N) is 2. The molecule has 1 aliphatic rings. The van der Waals surface area contributed by atoms with Gasteiger partial charge in [0.25, 0.3) is 0 Å². The van der Waals surface area contributed by atoms with E-state index < -0.39 is 29.7 Å². The molecule has 0 spiro atoms. The molecule has 5 rings (SSSR count). The second kappa shape index (κ2) is 11.5. The van der Waals surface area contributed by atoms with Gasteiger partial charge in [0.05, 0.1) is 23.9 Å². The smallest absolute Gasteiger partial charge is 0.338 e. The molecule has 198 valence electrons. The van der Waals surface area contributed by atoms with Crippen LogP contribution in [0.15, 0.2) is 95.3 Å². The van der Waals surface area contributed by atoms with Crippen LogP contribution in [0.3, 0.4) is 0 Å². The number of rotatable bonds is 8. The Bertz CT molecular complexity index is 1540. The molecule has 1 atom stereocenters. The van der Waals surface area contributed by atoms with Gasteiger partial charge in [-0.15, -0.1) is 10.2 Å². The molecule has 0 fully saturated rings. The number of esters is 1. The van der Waals surface area contributed by atoms with Crippen LogP contribution in [-0.4, -0.2) is 39.1 Å². The van der Waals surface area contributed by atoms with E-state index in [0.717, 1.165) is 23.9 Å². The zero-order valence-corrected chi connectivity index (χ0v) is 21.5. The first-order valence-corrected chi connectivity index (χ1v) is 13.1. The summed E-state index contributed by atoms with van der Waals surface area (Å²) in [5.74, 6) is -1.65. The van der Waals surface area contributed by atoms with Gasteiger partial charge in [0, 0.05) is 23.1 Å². The minimum atomic E-state index is -0.792. The fraction of sp³-hybridized carbons (Fsp3) is 0.143. The normalized spacial score (nSPS) is 15.1. The number of benzene rings is 3. The van der Waals surface area contributed by atoms with E-state index in [1.165, 1.54) is 10.6 Å². The van der Waals surface area contributed by atoms with Crippen molar-refractivity contribution in [2.24, 2.45) is 0 Å². The maximum absolute atomic E-state index is 15.0. The Balaban J connectivity index is 1.57. The number of nitrogens with zero attached hydrogens (tertiary/aromatic N) is 3. The number of carbonyl (C=O) groups excluding carboxylic acids is 2. The van der Waals surface area contributed by atoms with Gasteiger partial charge in [0.15, 0.2) is 11.0 Å². The molecular formula is C28H23F2N5O3S. The number of aromatic nitrogens is 3. The van der Waals surface area contributed by atoms with E-state index in [-0.39, 0.29) is 28.8 Å². The highest BCUT2D eigenvalue weighted by Gasteiger charge is 2.34. The van der Waals surface area contributed by atoms with Gasteiger partial charge in [-0.2, -0.15) is 0 Å². The molecule has 1 aliphatic heterocycles. The van der Waals surface area contributed by atoms with Crippen LogP contribution < -0.4 is 10.6 Å². The Morgan fingerprint density at radius 2 is 1.74 bits per heavy atom. The molecule has 0 aliphatic carbocycles. The lowest BCUT2D eigenvalue weighted by atomic mass is 9.95. The predicted molar refractivity (Wildman–Crippen MR) is 142 cm³/mol. The van der Waals surface area contributed by atoms with Crippen molar-refractivity contribution in [3.8, 4) is 17.1 Å². The molecule has 0 saturated carbocycles. The number of urea groups is 1. The van der Waals surface area contributed by atoms with E-state index in [0.29, 0.717) is 22.6 Å². The van der Waals surface area contributed by atoms with Gasteiger partial charge in [-0.05, 0) is 24.6 Å². The molecule has 2 N–H and O–H groups in total. The molecular weight excluding hydrogens is 524 g/mol. The second-order valence-electron chi connectivity index (χ2n) is 8.45. The Hall–Kier alpha value is -4.51. The van der Waals surface area contributed by atoms with Crippen molar-refractivity contribution < 1.29 is 23.1 Å². The van der Waals surface area contributed by atoms with Crippen molar-refractivity contribution in [3.63, 3.8) is 0 Å². The van der Waals surface area contributed by atoms with Crippen LogP contribution in [0.2, 0.25) is 0 Å². The first-order chi connectivity index (χ1) is 19.0. The molecule has 0 saturated heterocycles. The quantitative estimate of drug-likeness (QED) is 0.233. The topological polar surface area (TPSA) is 98.1 Å². The fourth-order valence-corrected chi connectivity index (χ4v) is 5.14. The van der Waals surface area contributed by atoms with Crippen molar-refractivity contribution in [3.05, 3.63) is 107 Å². The third kappa shape index (κ3) is 5.53. The van der Waals surface area contributed by atoms with Crippen LogP contribution in [-0.2, 0) is 9.53 Å². The molecule has 39 heavy (non-hydrogen) atoms. The van der Waals surface area contributed by atoms with E-state index in [4.69, 9.17) is 4.74 Å². The summed E-state index contributed by atoms with van der Waals surface area (Å²) >= 11 is 1.14. The Labute approximate surface area is 227 Å². The van der Waals surface area contributed by atoms with Crippen LogP contribution in [0.5, 0.6) is 0 Å². The standard InChI is InChI=1S/C28H23F2N5O3S/c1-2-38-26(36)23-21(31-27(37)32-24(23)17-9-5-3-6-10-17)16-39-28-34-33-25(18-11-7-4-8-12-18)35(28)22-14-13-19(29)15-20(22)30/h3-15,24H,2,16H2,1H3,(H2,31,32,37). The zero-order valence-electron chi connectivity index (χ0n) is 20.7. The summed E-state index contributed by atoms with van der Waals surface area (Å²) in [5.41, 5.74) is 2.01. The van der Waals surface area contributed by atoms with Gasteiger partial charge in [-0.25, -0.2) is 18.4 Å². The number of thioether (sulfide) groups is 1. The second-order valence-corrected chi connectivity index (χ2v) is 9.39. The van der Waals surface area contributed by atoms with Crippen LogP contribution in [0.4, 0.5) is 13.6 Å². The van der Waals surface area contributed by atoms with Crippen LogP contribution in [0.1, 0.15) is 18.5 Å². The highest BCUT2D eigenvalue weighted by atomic mass is 32.2. The van der Waals surface area contributed by atoms with E-state index in [2.05, 4.69) is 20.8 Å². The summed E-state index contributed by atoms with van der Waals surface area (Å²) in [5, 5.41) is 14.3. The largest absolute Gasteiger partial charge is 0.463 e. The Morgan fingerprint density at radius 1 is 1.03 bits per heavy atom. The van der Waals surface area contributed by atoms with Crippen molar-refractivity contribution in [1.29, 1.82) is 0 Å². The maximum Gasteiger partial charge on any atom is 0.338 e. The first kappa shape index (κ1) is 26.1. The summed E-state index contributed by atoms with van der Waals surface area (Å²) in [6.45, 7) is 1.85. The monoisotopic (exact) mass is 547 g/mol. The zero-order chi connectivity index (χ0) is 27.4. The van der Waals surface area contributed by atoms with Crippen LogP contribution in [0.25, 0.3) is 17.1 Å². The highest BCUT2D eigenvalue weighted by molar-refractivity contribution is 7.99. The Morgan fingerprint density at radius 3 is 2.44 bits per heavy atom. The third-order valence-electron chi connectivity index (χ3n) is 5.94. The van der Waals surface area contributed by atoms with Gasteiger partial charge in [-0.3, -0.25) is 4.57 Å². The van der Waals surface area contributed by atoms with E-state index in [1.807, 2.05) is 36.4 Å². The lowest BCUT2D eigenvalue weighted by molar-refractivity contribution is -0.139. The summed E-state index contributed by atoms with van der Waals surface area (Å²) in [4.78, 5) is 25.7. The number of carbonyl (C=O) groups is 2. The number of hydrogen-bond donors (Lipinski definition) is 2. The molecule has 0 bridgehead atoms. The van der Waals surface area contributed by atoms with Crippen LogP contribution in [0, 0.1) is 11.6 Å². The maximum atomic E-state index is 15.0. The van der Waals surface area contributed by atoms with E-state index >= 15 is 0 Å². The molecule has 11 heteroatoms. The van der Waals surface area contributed by atoms with Crippen molar-refractivity contribution >= 4 is 23.8 Å². The summed E-state index contributed by atoms with van der Waals surface area (Å²) in [7, 11) is 0. The first-order valence-electron chi connectivity index (χ1n) is 12.1. The number of halogens is 2. The van der Waals surface area contributed by atoms with Crippen molar-refractivity contribution in [2.75, 3.05) is 12.4 Å². The van der Waals surface area contributed by atoms with E-state index in [9.17, 15) is 18.4 Å². The molecule has 4 aromatic rings. The highest BCUT2D eigenvalue weighted by Crippen LogP contribution is 2.33. The lowest BCUT2D eigenvalue weighted by Crippen LogP contribution is -2.46. The van der Waals surface area contributed by atoms with Crippen LogP contribution >= 0.6 is 11.8 Å². The number of hydrogen-bond acceptors (Lipinski definition) is 6. The lowest BCUT2D eigenvalue weighted by Gasteiger charge is -2.29. The SMILES string of the molecule is CCOC(=O)C1=C(CSc2nnc(-c3ccccc3)n2-c2ccc(F)cc2F)NC(=O)NC1c1ccccc1. The van der Waals surface area contributed by atoms with E-state index in [1.54, 1.807) is 31.2 Å². The predicted octanol–water partition coefficient (Wildman–Crippen LogP) is 5.18. The summed E-state index contributed by atoms with van der Waals surface area (Å²) in [6, 6.07) is 20.2. The van der Waals surface area contributed by atoms with Crippen molar-refractivity contribution in [1.82, 2.24) is 25.4 Å². The van der Waals surface area contributed by atoms with Gasteiger partial charge < -0.3 is 15.4 Å². The molecule has 8 nitrogen and oxygen atoms in total. The fourth-order valence-electron chi connectivity index (χ4n) is 4.23. The molecule has 2 heterocycles. The third-order valence-corrected chi connectivity index (χ3v) is 6.90. The van der Waals surface area contributed by atoms with Crippen molar-refractivity contribution in [2.45, 2.75) is 18.1 Å². The number of amides is 2. The average Bonchev–Trinajstić information content (AvgIpc) is 3.36. The summed E-state index contributed by atoms with van der Waals surface area (Å²) < 4.78 is 35.5. The van der Waals surface area contributed by atoms with Gasteiger partial charge >= 0.3 is 12.0 Å². The molecule has 1 unspecified atom stereocenters. The van der Waals surface area contributed by atoms with Gasteiger partial charge in [0.2, 0.25) is 0 Å². The molecule has 0 radical (unpaired) electrons. The minimum Gasteiger partial charge on any atom is -0.463 e. The molecule has 3 aromatic carbocycles. The number of ether oxygens (including phenoxy) is 1. The molecule has 1 aromatic heterocycles. The Kier molecular flexibility index (Phi) is 7.69. The van der Waals surface area contributed by atoms with Gasteiger partial charge in [0.1, 0.15) is 11.6 Å². The summed E-state index contributed by atoms with van der Waals surface area (Å²) in [6.07, 6.45) is 0. The molecule has 2 amide bonds. The van der Waals surface area contributed by atoms with Gasteiger partial charge in [-0.1, -0.05) is 72.4 Å².